The molecule has 3 rings (SSSR count). The number of nitrogens with zero attached hydrogens (tertiary/aromatic N) is 3. The minimum Gasteiger partial charge on any atom is -0.368 e. The van der Waals surface area contributed by atoms with Crippen LogP contribution < -0.4 is 5.73 Å². The first-order valence-corrected chi connectivity index (χ1v) is 7.56. The molecule has 1 aromatic heterocycles. The fraction of sp³-hybridized carbons (Fsp3) is 0.400. The molecule has 1 fully saturated rings. The smallest absolute Gasteiger partial charge is 0.253 e. The van der Waals surface area contributed by atoms with Gasteiger partial charge in [-0.1, -0.05) is 43.0 Å². The van der Waals surface area contributed by atoms with Crippen molar-refractivity contribution in [1.29, 1.82) is 0 Å². The minimum absolute atomic E-state index is 0.00171. The second kappa shape index (κ2) is 5.85. The lowest BCUT2D eigenvalue weighted by atomic mass is 9.89. The molecule has 110 valence electrons. The molecule has 2 aromatic rings. The second-order valence-electron chi connectivity index (χ2n) is 5.36. The number of hydrogen-bond acceptors (Lipinski definition) is 4. The van der Waals surface area contributed by atoms with Crippen molar-refractivity contribution in [3.05, 3.63) is 29.3 Å². The van der Waals surface area contributed by atoms with E-state index in [1.165, 1.54) is 11.1 Å². The third-order valence-electron chi connectivity index (χ3n) is 3.91. The Kier molecular flexibility index (Phi) is 3.92. The van der Waals surface area contributed by atoms with E-state index >= 15 is 0 Å². The van der Waals surface area contributed by atoms with Crippen LogP contribution in [0.15, 0.2) is 24.3 Å². The van der Waals surface area contributed by atoms with Crippen LogP contribution in [0, 0.1) is 5.92 Å². The van der Waals surface area contributed by atoms with Crippen molar-refractivity contribution < 1.29 is 4.79 Å². The van der Waals surface area contributed by atoms with Crippen LogP contribution in [-0.4, -0.2) is 20.7 Å². The number of aromatic nitrogens is 3. The van der Waals surface area contributed by atoms with Crippen LogP contribution in [0.1, 0.15) is 36.9 Å². The Labute approximate surface area is 128 Å². The lowest BCUT2D eigenvalue weighted by Crippen LogP contribution is -2.26. The summed E-state index contributed by atoms with van der Waals surface area (Å²) in [5, 5.41) is 4.80. The summed E-state index contributed by atoms with van der Waals surface area (Å²) < 4.78 is 1.23. The molecule has 1 saturated carbocycles. The molecule has 0 spiro atoms. The zero-order valence-corrected chi connectivity index (χ0v) is 12.4. The molecule has 0 radical (unpaired) electrons. The lowest BCUT2D eigenvalue weighted by molar-refractivity contribution is 0.0788. The Bertz CT molecular complexity index is 661. The average Bonchev–Trinajstić information content (AvgIpc) is 2.89. The van der Waals surface area contributed by atoms with Gasteiger partial charge in [-0.15, -0.1) is 5.10 Å². The average molecular weight is 305 g/mol. The van der Waals surface area contributed by atoms with E-state index in [0.717, 1.165) is 25.7 Å². The van der Waals surface area contributed by atoms with Crippen molar-refractivity contribution in [2.24, 2.45) is 5.92 Å². The van der Waals surface area contributed by atoms with Crippen LogP contribution >= 0.6 is 11.6 Å². The Morgan fingerprint density at radius 3 is 2.67 bits per heavy atom. The first-order valence-electron chi connectivity index (χ1n) is 7.18. The summed E-state index contributed by atoms with van der Waals surface area (Å²) in [7, 11) is 0. The molecule has 1 aromatic carbocycles. The zero-order chi connectivity index (χ0) is 14.8. The van der Waals surface area contributed by atoms with Crippen molar-refractivity contribution in [3.63, 3.8) is 0 Å². The standard InChI is InChI=1S/C15H17ClN4O/c16-12-9-5-4-8-11(12)13-18-15(17)20(19-13)14(21)10-6-2-1-3-7-10/h4-5,8-10H,1-3,6-7H2,(H2,17,18,19). The Hall–Kier alpha value is -1.88. The van der Waals surface area contributed by atoms with E-state index in [4.69, 9.17) is 17.3 Å². The second-order valence-corrected chi connectivity index (χ2v) is 5.77. The summed E-state index contributed by atoms with van der Waals surface area (Å²) in [6.45, 7) is 0. The first-order chi connectivity index (χ1) is 10.2. The number of rotatable bonds is 2. The van der Waals surface area contributed by atoms with Crippen molar-refractivity contribution in [1.82, 2.24) is 14.8 Å². The Balaban J connectivity index is 1.91. The maximum Gasteiger partial charge on any atom is 0.253 e. The molecule has 0 aliphatic heterocycles. The van der Waals surface area contributed by atoms with E-state index in [2.05, 4.69) is 10.1 Å². The third-order valence-corrected chi connectivity index (χ3v) is 4.24. The zero-order valence-electron chi connectivity index (χ0n) is 11.6. The molecule has 0 bridgehead atoms. The topological polar surface area (TPSA) is 73.8 Å². The maximum absolute atomic E-state index is 12.5. The number of carbonyl (C=O) groups excluding carboxylic acids is 1. The number of nitrogens with two attached hydrogens (primary N) is 1. The normalized spacial score (nSPS) is 16.0. The Morgan fingerprint density at radius 2 is 1.95 bits per heavy atom. The maximum atomic E-state index is 12.5. The van der Waals surface area contributed by atoms with E-state index in [1.807, 2.05) is 18.2 Å². The molecule has 5 nitrogen and oxygen atoms in total. The number of nitrogen functional groups attached to an aromatic ring is 1. The van der Waals surface area contributed by atoms with Gasteiger partial charge in [0.05, 0.1) is 5.02 Å². The molecular formula is C15H17ClN4O. The van der Waals surface area contributed by atoms with E-state index in [9.17, 15) is 4.79 Å². The summed E-state index contributed by atoms with van der Waals surface area (Å²) in [6, 6.07) is 7.25. The van der Waals surface area contributed by atoms with Gasteiger partial charge in [0.2, 0.25) is 5.95 Å². The highest BCUT2D eigenvalue weighted by Crippen LogP contribution is 2.28. The van der Waals surface area contributed by atoms with Gasteiger partial charge in [-0.25, -0.2) is 0 Å². The fourth-order valence-corrected chi connectivity index (χ4v) is 2.99. The van der Waals surface area contributed by atoms with Crippen molar-refractivity contribution in [2.75, 3.05) is 5.73 Å². The highest BCUT2D eigenvalue weighted by molar-refractivity contribution is 6.33. The summed E-state index contributed by atoms with van der Waals surface area (Å²) in [6.07, 6.45) is 5.17. The van der Waals surface area contributed by atoms with Gasteiger partial charge in [0.15, 0.2) is 5.82 Å². The monoisotopic (exact) mass is 304 g/mol. The van der Waals surface area contributed by atoms with E-state index < -0.39 is 0 Å². The molecule has 0 unspecified atom stereocenters. The fourth-order valence-electron chi connectivity index (χ4n) is 2.77. The molecule has 6 heteroatoms. The van der Waals surface area contributed by atoms with Gasteiger partial charge in [-0.2, -0.15) is 9.67 Å². The van der Waals surface area contributed by atoms with E-state index in [1.54, 1.807) is 6.07 Å². The molecule has 0 saturated heterocycles. The van der Waals surface area contributed by atoms with Gasteiger partial charge in [-0.05, 0) is 25.0 Å². The van der Waals surface area contributed by atoms with Gasteiger partial charge in [0.1, 0.15) is 0 Å². The van der Waals surface area contributed by atoms with Crippen LogP contribution in [0.25, 0.3) is 11.4 Å². The molecule has 1 aliphatic rings. The van der Waals surface area contributed by atoms with Crippen LogP contribution in [0.5, 0.6) is 0 Å². The molecule has 0 atom stereocenters. The summed E-state index contributed by atoms with van der Waals surface area (Å²) in [5.74, 6) is 0.461. The number of benzene rings is 1. The van der Waals surface area contributed by atoms with Crippen LogP contribution in [0.4, 0.5) is 5.95 Å². The van der Waals surface area contributed by atoms with Gasteiger partial charge in [0.25, 0.3) is 5.91 Å². The molecular weight excluding hydrogens is 288 g/mol. The van der Waals surface area contributed by atoms with Crippen LogP contribution in [-0.2, 0) is 0 Å². The Morgan fingerprint density at radius 1 is 1.24 bits per heavy atom. The number of anilines is 1. The molecule has 2 N–H and O–H groups in total. The van der Waals surface area contributed by atoms with Gasteiger partial charge in [-0.3, -0.25) is 4.79 Å². The molecule has 0 amide bonds. The summed E-state index contributed by atoms with van der Waals surface area (Å²) >= 11 is 6.13. The molecule has 1 aliphatic carbocycles. The number of hydrogen-bond donors (Lipinski definition) is 1. The summed E-state index contributed by atoms with van der Waals surface area (Å²) in [5.41, 5.74) is 6.54. The van der Waals surface area contributed by atoms with Crippen molar-refractivity contribution in [3.8, 4) is 11.4 Å². The van der Waals surface area contributed by atoms with Crippen LogP contribution in [0.3, 0.4) is 0 Å². The minimum atomic E-state index is -0.0574. The quantitative estimate of drug-likeness (QED) is 0.922. The highest BCUT2D eigenvalue weighted by Gasteiger charge is 2.26. The predicted molar refractivity (Wildman–Crippen MR) is 82.1 cm³/mol. The van der Waals surface area contributed by atoms with Gasteiger partial charge < -0.3 is 5.73 Å². The van der Waals surface area contributed by atoms with Gasteiger partial charge in [0, 0.05) is 11.5 Å². The SMILES string of the molecule is Nc1nc(-c2ccccc2Cl)nn1C(=O)C1CCCCC1. The predicted octanol–water partition coefficient (Wildman–Crippen LogP) is 3.40. The first kappa shape index (κ1) is 14.1. The highest BCUT2D eigenvalue weighted by atomic mass is 35.5. The van der Waals surface area contributed by atoms with E-state index in [0.29, 0.717) is 16.4 Å². The third kappa shape index (κ3) is 2.78. The number of carbonyl (C=O) groups is 1. The van der Waals surface area contributed by atoms with Crippen molar-refractivity contribution >= 4 is 23.5 Å². The lowest BCUT2D eigenvalue weighted by Gasteiger charge is -2.19. The van der Waals surface area contributed by atoms with Crippen molar-refractivity contribution in [2.45, 2.75) is 32.1 Å². The number of halogens is 1. The molecule has 21 heavy (non-hydrogen) atoms. The van der Waals surface area contributed by atoms with Gasteiger partial charge >= 0.3 is 0 Å². The van der Waals surface area contributed by atoms with E-state index in [-0.39, 0.29) is 17.8 Å². The van der Waals surface area contributed by atoms with Crippen LogP contribution in [0.2, 0.25) is 5.02 Å². The summed E-state index contributed by atoms with van der Waals surface area (Å²) in [4.78, 5) is 16.7. The molecule has 1 heterocycles. The largest absolute Gasteiger partial charge is 0.368 e.